The Kier molecular flexibility index (Phi) is 10.4. The Morgan fingerprint density at radius 2 is 1.87 bits per heavy atom. The number of carbonyl (C=O) groups excluding carboxylic acids is 2. The Labute approximate surface area is 270 Å². The first-order valence-electron chi connectivity index (χ1n) is 15.6. The van der Waals surface area contributed by atoms with Gasteiger partial charge in [0.05, 0.1) is 41.7 Å². The monoisotopic (exact) mass is 656 g/mol. The zero-order valence-electron chi connectivity index (χ0n) is 26.9. The maximum absolute atomic E-state index is 14.2. The number of alkyl carbamates (subject to hydrolysis) is 1. The van der Waals surface area contributed by atoms with Gasteiger partial charge in [-0.1, -0.05) is 44.2 Å². The molecule has 0 saturated carbocycles. The predicted octanol–water partition coefficient (Wildman–Crippen LogP) is 3.04. The molecule has 12 nitrogen and oxygen atoms in total. The summed E-state index contributed by atoms with van der Waals surface area (Å²) in [5, 5.41) is 17.2. The van der Waals surface area contributed by atoms with E-state index in [0.29, 0.717) is 29.1 Å². The van der Waals surface area contributed by atoms with Gasteiger partial charge >= 0.3 is 6.09 Å². The fraction of sp³-hybridized carbons (Fsp3) is 0.515. The summed E-state index contributed by atoms with van der Waals surface area (Å²) >= 11 is 0. The lowest BCUT2D eigenvalue weighted by Crippen LogP contribution is -2.51. The average molecular weight is 657 g/mol. The van der Waals surface area contributed by atoms with Gasteiger partial charge in [0.25, 0.3) is 5.91 Å². The third-order valence-electron chi connectivity index (χ3n) is 8.68. The van der Waals surface area contributed by atoms with Crippen LogP contribution in [0.25, 0.3) is 5.57 Å². The van der Waals surface area contributed by atoms with Crippen molar-refractivity contribution in [3.63, 3.8) is 0 Å². The van der Waals surface area contributed by atoms with Crippen LogP contribution in [-0.4, -0.2) is 99.7 Å². The van der Waals surface area contributed by atoms with Crippen LogP contribution in [0.3, 0.4) is 0 Å². The van der Waals surface area contributed by atoms with Gasteiger partial charge in [0.15, 0.2) is 6.29 Å². The summed E-state index contributed by atoms with van der Waals surface area (Å²) in [6.45, 7) is 6.19. The maximum atomic E-state index is 14.2. The number of nitrogens with one attached hydrogen (secondary N) is 2. The first kappa shape index (κ1) is 33.9. The van der Waals surface area contributed by atoms with Crippen molar-refractivity contribution in [2.45, 2.75) is 63.0 Å². The number of nitrogens with zero attached hydrogens (tertiary/aromatic N) is 2. The average Bonchev–Trinajstić information content (AvgIpc) is 3.71. The van der Waals surface area contributed by atoms with E-state index >= 15 is 0 Å². The van der Waals surface area contributed by atoms with Crippen LogP contribution in [0.15, 0.2) is 59.1 Å². The highest BCUT2D eigenvalue weighted by atomic mass is 32.2. The summed E-state index contributed by atoms with van der Waals surface area (Å²) in [6, 6.07) is 13.0. The van der Waals surface area contributed by atoms with E-state index in [2.05, 4.69) is 10.6 Å². The summed E-state index contributed by atoms with van der Waals surface area (Å²) in [5.41, 5.74) is 2.98. The van der Waals surface area contributed by atoms with Crippen LogP contribution >= 0.6 is 0 Å². The van der Waals surface area contributed by atoms with Crippen LogP contribution < -0.4 is 10.6 Å². The molecule has 0 spiro atoms. The van der Waals surface area contributed by atoms with Gasteiger partial charge in [-0.15, -0.1) is 0 Å². The Balaban J connectivity index is 1.39. The third-order valence-corrected chi connectivity index (χ3v) is 10.5. The van der Waals surface area contributed by atoms with Crippen LogP contribution in [0, 0.1) is 11.8 Å². The number of hydrogen-bond acceptors (Lipinski definition) is 9. The number of rotatable bonds is 12. The highest BCUT2D eigenvalue weighted by Crippen LogP contribution is 2.37. The first-order valence-corrected chi connectivity index (χ1v) is 17.1. The molecule has 3 heterocycles. The second kappa shape index (κ2) is 14.1. The van der Waals surface area contributed by atoms with Crippen molar-refractivity contribution in [2.75, 3.05) is 45.7 Å². The minimum atomic E-state index is -4.14. The smallest absolute Gasteiger partial charge is 0.407 e. The molecule has 3 aliphatic heterocycles. The number of amides is 2. The number of allylic oxidation sites excluding steroid dienone is 1. The second-order valence-corrected chi connectivity index (χ2v) is 14.6. The number of ether oxygens (including phenoxy) is 3. The van der Waals surface area contributed by atoms with Gasteiger partial charge in [0.1, 0.15) is 6.10 Å². The van der Waals surface area contributed by atoms with Crippen LogP contribution in [0.2, 0.25) is 0 Å². The molecule has 3 N–H and O–H groups in total. The van der Waals surface area contributed by atoms with E-state index in [0.717, 1.165) is 12.0 Å². The molecule has 2 saturated heterocycles. The van der Waals surface area contributed by atoms with E-state index in [1.807, 2.05) is 58.3 Å². The molecule has 250 valence electrons. The molecule has 0 radical (unpaired) electrons. The highest BCUT2D eigenvalue weighted by Gasteiger charge is 2.44. The number of fused-ring (bicyclic) bond motifs is 2. The molecule has 2 aromatic rings. The minimum Gasteiger partial charge on any atom is -0.443 e. The summed E-state index contributed by atoms with van der Waals surface area (Å²) in [6.07, 6.45) is -1.90. The number of carbonyl (C=O) groups is 2. The number of aliphatic hydroxyl groups excluding tert-OH is 1. The third kappa shape index (κ3) is 7.39. The van der Waals surface area contributed by atoms with E-state index < -0.39 is 34.4 Å². The molecule has 5 unspecified atom stereocenters. The van der Waals surface area contributed by atoms with Crippen LogP contribution in [-0.2, 0) is 35.4 Å². The quantitative estimate of drug-likeness (QED) is 0.294. The topological polar surface area (TPSA) is 147 Å². The Bertz CT molecular complexity index is 1560. The van der Waals surface area contributed by atoms with E-state index in [1.165, 1.54) is 16.4 Å². The number of sulfonamides is 1. The summed E-state index contributed by atoms with van der Waals surface area (Å²) in [4.78, 5) is 27.7. The molecule has 46 heavy (non-hydrogen) atoms. The van der Waals surface area contributed by atoms with Crippen LogP contribution in [0.5, 0.6) is 0 Å². The van der Waals surface area contributed by atoms with Crippen molar-refractivity contribution >= 4 is 33.3 Å². The Hall–Kier alpha value is -3.49. The lowest BCUT2D eigenvalue weighted by molar-refractivity contribution is -0.110. The summed E-state index contributed by atoms with van der Waals surface area (Å²) in [7, 11) is -0.506. The molecule has 2 fully saturated rings. The van der Waals surface area contributed by atoms with Gasteiger partial charge in [-0.05, 0) is 49.4 Å². The van der Waals surface area contributed by atoms with E-state index in [-0.39, 0.29) is 55.0 Å². The van der Waals surface area contributed by atoms with E-state index in [1.54, 1.807) is 17.9 Å². The van der Waals surface area contributed by atoms with Crippen molar-refractivity contribution in [3.05, 3.63) is 65.4 Å². The van der Waals surface area contributed by atoms with Gasteiger partial charge in [-0.25, -0.2) is 13.2 Å². The lowest BCUT2D eigenvalue weighted by atomic mass is 10.0. The first-order chi connectivity index (χ1) is 21.8. The lowest BCUT2D eigenvalue weighted by Gasteiger charge is -2.31. The normalized spacial score (nSPS) is 23.1. The van der Waals surface area contributed by atoms with Crippen molar-refractivity contribution < 1.29 is 37.3 Å². The van der Waals surface area contributed by atoms with Gasteiger partial charge in [-0.3, -0.25) is 4.79 Å². The highest BCUT2D eigenvalue weighted by molar-refractivity contribution is 7.89. The van der Waals surface area contributed by atoms with Crippen molar-refractivity contribution in [1.29, 1.82) is 0 Å². The molecular formula is C33H44N4O8S. The predicted molar refractivity (Wildman–Crippen MR) is 172 cm³/mol. The summed E-state index contributed by atoms with van der Waals surface area (Å²) < 4.78 is 46.4. The maximum Gasteiger partial charge on any atom is 0.407 e. The number of benzene rings is 2. The second-order valence-electron chi connectivity index (χ2n) is 12.7. The SMILES string of the molecule is CC(=C1C(=O)Nc2ccc(S(=O)(=O)N(CC(C)C)CC(O)C(Cc3ccccc3)NC(=O)OC3COC4OCCC34)cc21)N(C)C. The van der Waals surface area contributed by atoms with Crippen LogP contribution in [0.1, 0.15) is 38.3 Å². The Morgan fingerprint density at radius 1 is 1.13 bits per heavy atom. The molecular weight excluding hydrogens is 612 g/mol. The molecule has 5 atom stereocenters. The van der Waals surface area contributed by atoms with Gasteiger partial charge in [-0.2, -0.15) is 4.31 Å². The molecule has 2 aromatic carbocycles. The van der Waals surface area contributed by atoms with Crippen molar-refractivity contribution in [3.8, 4) is 0 Å². The molecule has 3 aliphatic rings. The fourth-order valence-electron chi connectivity index (χ4n) is 6.07. The largest absolute Gasteiger partial charge is 0.443 e. The van der Waals surface area contributed by atoms with Gasteiger partial charge < -0.3 is 34.9 Å². The number of anilines is 1. The minimum absolute atomic E-state index is 0.00112. The molecule has 0 bridgehead atoms. The molecule has 5 rings (SSSR count). The van der Waals surface area contributed by atoms with Gasteiger partial charge in [0, 0.05) is 44.1 Å². The zero-order chi connectivity index (χ0) is 33.2. The van der Waals surface area contributed by atoms with Gasteiger partial charge in [0.2, 0.25) is 10.0 Å². The van der Waals surface area contributed by atoms with E-state index in [9.17, 15) is 23.1 Å². The fourth-order valence-corrected chi connectivity index (χ4v) is 7.72. The van der Waals surface area contributed by atoms with Crippen molar-refractivity contribution in [1.82, 2.24) is 14.5 Å². The van der Waals surface area contributed by atoms with E-state index in [4.69, 9.17) is 14.2 Å². The Morgan fingerprint density at radius 3 is 2.57 bits per heavy atom. The number of hydrogen-bond donors (Lipinski definition) is 3. The van der Waals surface area contributed by atoms with Crippen LogP contribution in [0.4, 0.5) is 10.5 Å². The van der Waals surface area contributed by atoms with Crippen molar-refractivity contribution in [2.24, 2.45) is 11.8 Å². The summed E-state index contributed by atoms with van der Waals surface area (Å²) in [5.74, 6) is -0.419. The molecule has 0 aromatic heterocycles. The standard InChI is InChI=1S/C33H44N4O8S/c1-20(2)17-37(46(41,42)23-11-12-26-25(16-23)30(31(39)34-26)21(3)36(4)5)18-28(38)27(15-22-9-7-6-8-10-22)35-33(40)45-29-19-44-32-24(29)13-14-43-32/h6-12,16,20,24,27-29,32,38H,13-15,17-19H2,1-5H3,(H,34,39)(H,35,40). The molecule has 13 heteroatoms. The molecule has 2 amide bonds. The molecule has 0 aliphatic carbocycles. The number of aliphatic hydroxyl groups is 1. The zero-order valence-corrected chi connectivity index (χ0v) is 27.7.